The van der Waals surface area contributed by atoms with E-state index in [4.69, 9.17) is 16.3 Å². The highest BCUT2D eigenvalue weighted by Gasteiger charge is 2.40. The van der Waals surface area contributed by atoms with Crippen molar-refractivity contribution in [1.82, 2.24) is 10.2 Å². The minimum Gasteiger partial charge on any atom is -0.444 e. The number of amides is 3. The highest BCUT2D eigenvalue weighted by molar-refractivity contribution is 6.34. The zero-order valence-electron chi connectivity index (χ0n) is 24.7. The highest BCUT2D eigenvalue weighted by Crippen LogP contribution is 2.31. The normalized spacial score (nSPS) is 14.5. The summed E-state index contributed by atoms with van der Waals surface area (Å²) in [6, 6.07) is 10.8. The summed E-state index contributed by atoms with van der Waals surface area (Å²) in [5, 5.41) is 6.20. The van der Waals surface area contributed by atoms with Crippen molar-refractivity contribution in [3.8, 4) is 0 Å². The van der Waals surface area contributed by atoms with Gasteiger partial charge in [-0.15, -0.1) is 0 Å². The first-order valence-electron chi connectivity index (χ1n) is 13.6. The van der Waals surface area contributed by atoms with Crippen molar-refractivity contribution < 1.29 is 19.1 Å². The van der Waals surface area contributed by atoms with Crippen molar-refractivity contribution in [2.24, 2.45) is 5.92 Å². The van der Waals surface area contributed by atoms with E-state index in [2.05, 4.69) is 10.6 Å². The van der Waals surface area contributed by atoms with E-state index in [1.165, 1.54) is 0 Å². The Morgan fingerprint density at radius 3 is 2.10 bits per heavy atom. The molecule has 2 aromatic rings. The third-order valence-corrected chi connectivity index (χ3v) is 7.18. The Morgan fingerprint density at radius 1 is 0.974 bits per heavy atom. The number of nitrogens with one attached hydrogen (secondary N) is 2. The molecule has 7 nitrogen and oxygen atoms in total. The lowest BCUT2D eigenvalue weighted by molar-refractivity contribution is -0.144. The lowest BCUT2D eigenvalue weighted by Gasteiger charge is -2.39. The van der Waals surface area contributed by atoms with Gasteiger partial charge >= 0.3 is 6.09 Å². The first-order chi connectivity index (χ1) is 18.2. The third-order valence-electron chi connectivity index (χ3n) is 6.86. The second-order valence-corrected chi connectivity index (χ2v) is 11.7. The molecule has 0 heterocycles. The Kier molecular flexibility index (Phi) is 11.4. The van der Waals surface area contributed by atoms with E-state index >= 15 is 0 Å². The lowest BCUT2D eigenvalue weighted by atomic mass is 9.94. The molecule has 0 aliphatic rings. The van der Waals surface area contributed by atoms with Crippen LogP contribution in [0.5, 0.6) is 0 Å². The molecule has 3 amide bonds. The number of carbonyl (C=O) groups is 3. The van der Waals surface area contributed by atoms with Crippen LogP contribution in [0.15, 0.2) is 42.5 Å². The van der Waals surface area contributed by atoms with Crippen LogP contribution < -0.4 is 10.6 Å². The number of halogens is 1. The van der Waals surface area contributed by atoms with Crippen LogP contribution in [0.2, 0.25) is 5.02 Å². The van der Waals surface area contributed by atoms with Crippen molar-refractivity contribution in [1.29, 1.82) is 0 Å². The summed E-state index contributed by atoms with van der Waals surface area (Å²) in [4.78, 5) is 42.8. The van der Waals surface area contributed by atoms with E-state index in [9.17, 15) is 14.4 Å². The van der Waals surface area contributed by atoms with Crippen LogP contribution >= 0.6 is 11.6 Å². The number of anilines is 1. The molecular formula is C31H44ClN3O4. The standard InChI is InChI=1S/C31H44ClN3O4/c1-10-20(4)26(34-30(38)39-31(7,8)9)29(37)35(22(6)11-2)27(23-17-15-19(3)16-18-23)28(36)33-25-21(5)13-12-14-24(25)32/h12-18,20,22,26-27H,10-11H2,1-9H3,(H,33,36)(H,34,38). The molecule has 0 aliphatic carbocycles. The van der Waals surface area contributed by atoms with Crippen molar-refractivity contribution in [2.45, 2.75) is 98.9 Å². The summed E-state index contributed by atoms with van der Waals surface area (Å²) < 4.78 is 5.48. The summed E-state index contributed by atoms with van der Waals surface area (Å²) in [5.74, 6) is -0.936. The monoisotopic (exact) mass is 557 g/mol. The highest BCUT2D eigenvalue weighted by atomic mass is 35.5. The largest absolute Gasteiger partial charge is 0.444 e. The molecule has 0 spiro atoms. The molecule has 0 fully saturated rings. The second-order valence-electron chi connectivity index (χ2n) is 11.2. The van der Waals surface area contributed by atoms with Gasteiger partial charge in [0.1, 0.15) is 17.7 Å². The topological polar surface area (TPSA) is 87.7 Å². The summed E-state index contributed by atoms with van der Waals surface area (Å²) >= 11 is 6.44. The van der Waals surface area contributed by atoms with E-state index in [1.54, 1.807) is 31.7 Å². The number of hydrogen-bond donors (Lipinski definition) is 2. The fourth-order valence-electron chi connectivity index (χ4n) is 4.24. The summed E-state index contributed by atoms with van der Waals surface area (Å²) in [6.45, 7) is 16.9. The first kappa shape index (κ1) is 32.2. The summed E-state index contributed by atoms with van der Waals surface area (Å²) in [6.07, 6.45) is 0.570. The van der Waals surface area contributed by atoms with Crippen molar-refractivity contribution in [2.75, 3.05) is 5.32 Å². The number of alkyl carbamates (subject to hydrolysis) is 1. The number of benzene rings is 2. The molecule has 4 atom stereocenters. The van der Waals surface area contributed by atoms with Gasteiger partial charge in [0, 0.05) is 6.04 Å². The van der Waals surface area contributed by atoms with Gasteiger partial charge in [0.05, 0.1) is 10.7 Å². The number of hydrogen-bond acceptors (Lipinski definition) is 4. The Morgan fingerprint density at radius 2 is 1.59 bits per heavy atom. The van der Waals surface area contributed by atoms with Crippen LogP contribution in [0.25, 0.3) is 0 Å². The van der Waals surface area contributed by atoms with Crippen LogP contribution in [0, 0.1) is 19.8 Å². The minimum atomic E-state index is -0.962. The van der Waals surface area contributed by atoms with Gasteiger partial charge in [-0.2, -0.15) is 0 Å². The molecule has 2 aromatic carbocycles. The molecule has 0 saturated heterocycles. The van der Waals surface area contributed by atoms with E-state index in [0.29, 0.717) is 29.1 Å². The lowest BCUT2D eigenvalue weighted by Crippen LogP contribution is -2.56. The molecule has 0 bridgehead atoms. The number of rotatable bonds is 10. The zero-order chi connectivity index (χ0) is 29.5. The molecule has 4 unspecified atom stereocenters. The Labute approximate surface area is 238 Å². The maximum atomic E-state index is 14.4. The predicted molar refractivity (Wildman–Crippen MR) is 158 cm³/mol. The number of para-hydroxylation sites is 1. The average molecular weight is 558 g/mol. The van der Waals surface area contributed by atoms with Gasteiger partial charge in [0.2, 0.25) is 5.91 Å². The zero-order valence-corrected chi connectivity index (χ0v) is 25.5. The second kappa shape index (κ2) is 13.8. The SMILES string of the molecule is CCC(C)C(NC(=O)OC(C)(C)C)C(=O)N(C(C)CC)C(C(=O)Nc1c(C)cccc1Cl)c1ccc(C)cc1. The van der Waals surface area contributed by atoms with Gasteiger partial charge in [-0.05, 0) is 71.1 Å². The molecule has 39 heavy (non-hydrogen) atoms. The van der Waals surface area contributed by atoms with Gasteiger partial charge in [0.15, 0.2) is 0 Å². The van der Waals surface area contributed by atoms with E-state index in [-0.39, 0.29) is 23.8 Å². The Hall–Kier alpha value is -3.06. The Balaban J connectivity index is 2.62. The molecule has 0 radical (unpaired) electrons. The van der Waals surface area contributed by atoms with Gasteiger partial charge in [-0.1, -0.05) is 80.8 Å². The molecule has 8 heteroatoms. The van der Waals surface area contributed by atoms with E-state index in [1.807, 2.05) is 77.9 Å². The smallest absolute Gasteiger partial charge is 0.408 e. The fourth-order valence-corrected chi connectivity index (χ4v) is 4.51. The van der Waals surface area contributed by atoms with Crippen LogP contribution in [0.4, 0.5) is 10.5 Å². The number of carbonyl (C=O) groups excluding carboxylic acids is 3. The molecule has 2 N–H and O–H groups in total. The van der Waals surface area contributed by atoms with Crippen LogP contribution in [0.3, 0.4) is 0 Å². The maximum Gasteiger partial charge on any atom is 0.408 e. The van der Waals surface area contributed by atoms with Gasteiger partial charge < -0.3 is 20.3 Å². The van der Waals surface area contributed by atoms with Crippen LogP contribution in [-0.4, -0.2) is 40.5 Å². The van der Waals surface area contributed by atoms with Crippen LogP contribution in [0.1, 0.15) is 84.0 Å². The van der Waals surface area contributed by atoms with Gasteiger partial charge in [-0.25, -0.2) is 4.79 Å². The molecule has 2 rings (SSSR count). The maximum absolute atomic E-state index is 14.4. The quantitative estimate of drug-likeness (QED) is 0.323. The molecule has 214 valence electrons. The Bertz CT molecular complexity index is 1120. The molecule has 0 aliphatic heterocycles. The van der Waals surface area contributed by atoms with Crippen LogP contribution in [-0.2, 0) is 14.3 Å². The fraction of sp³-hybridized carbons (Fsp3) is 0.516. The minimum absolute atomic E-state index is 0.205. The number of aryl methyl sites for hydroxylation is 2. The molecule has 0 aromatic heterocycles. The van der Waals surface area contributed by atoms with E-state index in [0.717, 1.165) is 11.1 Å². The summed E-state index contributed by atoms with van der Waals surface area (Å²) in [5.41, 5.74) is 2.29. The first-order valence-corrected chi connectivity index (χ1v) is 14.0. The molecule has 0 saturated carbocycles. The van der Waals surface area contributed by atoms with Crippen molar-refractivity contribution in [3.05, 3.63) is 64.2 Å². The van der Waals surface area contributed by atoms with Gasteiger partial charge in [-0.3, -0.25) is 9.59 Å². The molecular weight excluding hydrogens is 514 g/mol. The third kappa shape index (κ3) is 8.72. The predicted octanol–water partition coefficient (Wildman–Crippen LogP) is 7.20. The van der Waals surface area contributed by atoms with Crippen molar-refractivity contribution >= 4 is 35.2 Å². The van der Waals surface area contributed by atoms with E-state index < -0.39 is 23.8 Å². The number of nitrogens with zero attached hydrogens (tertiary/aromatic N) is 1. The number of ether oxygens (including phenoxy) is 1. The summed E-state index contributed by atoms with van der Waals surface area (Å²) in [7, 11) is 0. The van der Waals surface area contributed by atoms with Gasteiger partial charge in [0.25, 0.3) is 5.91 Å². The van der Waals surface area contributed by atoms with Crippen molar-refractivity contribution in [3.63, 3.8) is 0 Å². The average Bonchev–Trinajstić information content (AvgIpc) is 2.86.